The lowest BCUT2D eigenvalue weighted by atomic mass is 10.0. The molecule has 3 aromatic rings. The van der Waals surface area contributed by atoms with Crippen molar-refractivity contribution in [2.75, 3.05) is 48.4 Å². The Hall–Kier alpha value is -4.00. The molecule has 0 bridgehead atoms. The molecule has 2 amide bonds. The van der Waals surface area contributed by atoms with Gasteiger partial charge in [-0.3, -0.25) is 9.59 Å². The van der Waals surface area contributed by atoms with Gasteiger partial charge >= 0.3 is 0 Å². The third-order valence-electron chi connectivity index (χ3n) is 8.07. The number of hydrogen-bond donors (Lipinski definition) is 2. The Balaban J connectivity index is 1.47. The first-order chi connectivity index (χ1) is 20.4. The summed E-state index contributed by atoms with van der Waals surface area (Å²) in [6, 6.07) is 21.6. The maximum Gasteiger partial charge on any atom is 0.255 e. The zero-order chi connectivity index (χ0) is 29.9. The maximum absolute atomic E-state index is 13.4. The van der Waals surface area contributed by atoms with E-state index in [0.29, 0.717) is 16.8 Å². The molecule has 42 heavy (non-hydrogen) atoms. The smallest absolute Gasteiger partial charge is 0.255 e. The number of unbranched alkanes of at least 4 members (excludes halogenated alkanes) is 3. The zero-order valence-corrected chi connectivity index (χ0v) is 25.6. The SMILES string of the molecule is CCCCCCc1ccc(C(=O)Nc2ccc(N3CCN(c4ccccc4OC)CC3)c(C(=O)N[C@@H](C)CC)c2)cc1. The van der Waals surface area contributed by atoms with E-state index in [1.165, 1.54) is 31.2 Å². The molecular weight excluding hydrogens is 524 g/mol. The van der Waals surface area contributed by atoms with Crippen molar-refractivity contribution in [3.05, 3.63) is 83.4 Å². The van der Waals surface area contributed by atoms with E-state index in [-0.39, 0.29) is 17.9 Å². The van der Waals surface area contributed by atoms with Crippen LogP contribution in [0.2, 0.25) is 0 Å². The fourth-order valence-corrected chi connectivity index (χ4v) is 5.34. The van der Waals surface area contributed by atoms with E-state index in [1.807, 2.05) is 61.5 Å². The van der Waals surface area contributed by atoms with Crippen molar-refractivity contribution < 1.29 is 14.3 Å². The molecule has 0 spiro atoms. The van der Waals surface area contributed by atoms with Gasteiger partial charge in [0.15, 0.2) is 0 Å². The van der Waals surface area contributed by atoms with Crippen molar-refractivity contribution in [2.24, 2.45) is 0 Å². The van der Waals surface area contributed by atoms with E-state index in [0.717, 1.165) is 56.1 Å². The second kappa shape index (κ2) is 15.3. The molecule has 2 N–H and O–H groups in total. The van der Waals surface area contributed by atoms with Gasteiger partial charge in [0.1, 0.15) is 5.75 Å². The molecule has 1 atom stereocenters. The molecule has 0 saturated carbocycles. The van der Waals surface area contributed by atoms with Gasteiger partial charge < -0.3 is 25.2 Å². The highest BCUT2D eigenvalue weighted by atomic mass is 16.5. The number of amides is 2. The summed E-state index contributed by atoms with van der Waals surface area (Å²) in [7, 11) is 1.70. The number of anilines is 3. The molecule has 4 rings (SSSR count). The van der Waals surface area contributed by atoms with Crippen molar-refractivity contribution >= 4 is 28.9 Å². The molecule has 1 aliphatic rings. The number of rotatable bonds is 13. The number of carbonyl (C=O) groups is 2. The predicted octanol–water partition coefficient (Wildman–Crippen LogP) is 6.93. The second-order valence-electron chi connectivity index (χ2n) is 11.1. The lowest BCUT2D eigenvalue weighted by Gasteiger charge is -2.38. The number of aryl methyl sites for hydroxylation is 1. The van der Waals surface area contributed by atoms with E-state index in [1.54, 1.807) is 13.2 Å². The summed E-state index contributed by atoms with van der Waals surface area (Å²) in [4.78, 5) is 31.1. The number of ether oxygens (including phenoxy) is 1. The van der Waals surface area contributed by atoms with Crippen LogP contribution in [0.1, 0.15) is 79.2 Å². The summed E-state index contributed by atoms with van der Waals surface area (Å²) in [6.45, 7) is 9.40. The van der Waals surface area contributed by atoms with Gasteiger partial charge in [-0.1, -0.05) is 57.4 Å². The molecule has 1 heterocycles. The monoisotopic (exact) mass is 570 g/mol. The lowest BCUT2D eigenvalue weighted by Crippen LogP contribution is -2.47. The van der Waals surface area contributed by atoms with Crippen molar-refractivity contribution in [1.82, 2.24) is 5.32 Å². The molecule has 0 radical (unpaired) electrons. The van der Waals surface area contributed by atoms with Gasteiger partial charge in [-0.15, -0.1) is 0 Å². The fraction of sp³-hybridized carbons (Fsp3) is 0.429. The summed E-state index contributed by atoms with van der Waals surface area (Å²) in [5, 5.41) is 6.12. The van der Waals surface area contributed by atoms with E-state index in [2.05, 4.69) is 40.3 Å². The lowest BCUT2D eigenvalue weighted by molar-refractivity contribution is 0.0938. The fourth-order valence-electron chi connectivity index (χ4n) is 5.34. The molecule has 0 unspecified atom stereocenters. The van der Waals surface area contributed by atoms with Gasteiger partial charge in [0.05, 0.1) is 18.4 Å². The minimum Gasteiger partial charge on any atom is -0.495 e. The average molecular weight is 571 g/mol. The van der Waals surface area contributed by atoms with Crippen molar-refractivity contribution in [1.29, 1.82) is 0 Å². The Morgan fingerprint density at radius 1 is 0.833 bits per heavy atom. The zero-order valence-electron chi connectivity index (χ0n) is 25.6. The van der Waals surface area contributed by atoms with Crippen molar-refractivity contribution in [3.63, 3.8) is 0 Å². The first kappa shape index (κ1) is 30.9. The van der Waals surface area contributed by atoms with Crippen LogP contribution in [0.25, 0.3) is 0 Å². The molecule has 7 heteroatoms. The number of benzene rings is 3. The highest BCUT2D eigenvalue weighted by molar-refractivity contribution is 6.06. The van der Waals surface area contributed by atoms with Gasteiger partial charge in [0.25, 0.3) is 11.8 Å². The van der Waals surface area contributed by atoms with Gasteiger partial charge in [0, 0.05) is 49.2 Å². The van der Waals surface area contributed by atoms with Crippen LogP contribution >= 0.6 is 0 Å². The third kappa shape index (κ3) is 8.05. The Morgan fingerprint density at radius 3 is 2.19 bits per heavy atom. The van der Waals surface area contributed by atoms with Crippen molar-refractivity contribution in [2.45, 2.75) is 65.3 Å². The topological polar surface area (TPSA) is 73.9 Å². The van der Waals surface area contributed by atoms with Gasteiger partial charge in [0.2, 0.25) is 0 Å². The Labute approximate surface area is 251 Å². The number of para-hydroxylation sites is 2. The molecule has 1 fully saturated rings. The summed E-state index contributed by atoms with van der Waals surface area (Å²) >= 11 is 0. The highest BCUT2D eigenvalue weighted by Crippen LogP contribution is 2.31. The predicted molar refractivity (Wildman–Crippen MR) is 173 cm³/mol. The minimum absolute atomic E-state index is 0.0477. The van der Waals surface area contributed by atoms with Crippen LogP contribution in [0, 0.1) is 0 Å². The summed E-state index contributed by atoms with van der Waals surface area (Å²) in [5.41, 5.74) is 4.99. The normalized spacial score (nSPS) is 13.9. The Kier molecular flexibility index (Phi) is 11.3. The standard InChI is InChI=1S/C35H46N4O3/c1-5-7-8-9-12-27-15-17-28(18-16-27)34(40)37-29-19-20-31(30(25-29)35(41)36-26(3)6-2)38-21-23-39(24-22-38)32-13-10-11-14-33(32)42-4/h10-11,13-20,25-26H,5-9,12,21-24H2,1-4H3,(H,36,41)(H,37,40)/t26-/m0/s1. The van der Waals surface area contributed by atoms with Gasteiger partial charge in [-0.2, -0.15) is 0 Å². The van der Waals surface area contributed by atoms with Gasteiger partial charge in [-0.05, 0) is 74.2 Å². The summed E-state index contributed by atoms with van der Waals surface area (Å²) < 4.78 is 5.57. The second-order valence-corrected chi connectivity index (χ2v) is 11.1. The van der Waals surface area contributed by atoms with Crippen molar-refractivity contribution in [3.8, 4) is 5.75 Å². The van der Waals surface area contributed by atoms with E-state index in [4.69, 9.17) is 4.74 Å². The van der Waals surface area contributed by atoms with Crippen LogP contribution < -0.4 is 25.2 Å². The summed E-state index contributed by atoms with van der Waals surface area (Å²) in [6.07, 6.45) is 6.76. The average Bonchev–Trinajstić information content (AvgIpc) is 3.03. The van der Waals surface area contributed by atoms with Gasteiger partial charge in [-0.25, -0.2) is 0 Å². The maximum atomic E-state index is 13.4. The van der Waals surface area contributed by atoms with E-state index < -0.39 is 0 Å². The number of methoxy groups -OCH3 is 1. The quantitative estimate of drug-likeness (QED) is 0.218. The first-order valence-corrected chi connectivity index (χ1v) is 15.4. The molecule has 224 valence electrons. The van der Waals surface area contributed by atoms with Crippen LogP contribution in [0.4, 0.5) is 17.1 Å². The van der Waals surface area contributed by atoms with Crippen LogP contribution in [0.3, 0.4) is 0 Å². The number of nitrogens with zero attached hydrogens (tertiary/aromatic N) is 2. The largest absolute Gasteiger partial charge is 0.495 e. The minimum atomic E-state index is -0.181. The molecule has 0 aliphatic carbocycles. The van der Waals surface area contributed by atoms with E-state index >= 15 is 0 Å². The summed E-state index contributed by atoms with van der Waals surface area (Å²) in [5.74, 6) is 0.551. The van der Waals surface area contributed by atoms with E-state index in [9.17, 15) is 9.59 Å². The third-order valence-corrected chi connectivity index (χ3v) is 8.07. The molecule has 0 aromatic heterocycles. The molecule has 3 aromatic carbocycles. The highest BCUT2D eigenvalue weighted by Gasteiger charge is 2.24. The number of piperazine rings is 1. The molecule has 1 aliphatic heterocycles. The number of nitrogens with one attached hydrogen (secondary N) is 2. The number of carbonyl (C=O) groups excluding carboxylic acids is 2. The van der Waals surface area contributed by atoms with Crippen LogP contribution in [0.15, 0.2) is 66.7 Å². The van der Waals surface area contributed by atoms with Crippen LogP contribution in [-0.2, 0) is 6.42 Å². The number of hydrogen-bond acceptors (Lipinski definition) is 5. The van der Waals surface area contributed by atoms with Crippen LogP contribution in [0.5, 0.6) is 5.75 Å². The molecule has 1 saturated heterocycles. The Bertz CT molecular complexity index is 1320. The molecular formula is C35H46N4O3. The van der Waals surface area contributed by atoms with Crippen LogP contribution in [-0.4, -0.2) is 51.1 Å². The first-order valence-electron chi connectivity index (χ1n) is 15.4. The Morgan fingerprint density at radius 2 is 1.52 bits per heavy atom. The molecule has 7 nitrogen and oxygen atoms in total.